The van der Waals surface area contributed by atoms with E-state index in [4.69, 9.17) is 0 Å². The number of aryl methyl sites for hydroxylation is 1. The summed E-state index contributed by atoms with van der Waals surface area (Å²) in [5, 5.41) is 0. The van der Waals surface area contributed by atoms with Crippen LogP contribution >= 0.6 is 0 Å². The smallest absolute Gasteiger partial charge is 0.0485 e. The quantitative estimate of drug-likeness (QED) is 0.603. The van der Waals surface area contributed by atoms with Gasteiger partial charge in [0.05, 0.1) is 0 Å². The van der Waals surface area contributed by atoms with E-state index in [0.717, 1.165) is 0 Å². The maximum atomic E-state index is 2.40. The maximum Gasteiger partial charge on any atom is 0.0485 e. The Bertz CT molecular complexity index is 494. The molecule has 1 aromatic heterocycles. The van der Waals surface area contributed by atoms with Gasteiger partial charge < -0.3 is 4.57 Å². The van der Waals surface area contributed by atoms with Gasteiger partial charge in [-0.2, -0.15) is 0 Å². The molecule has 102 valence electrons. The average Bonchev–Trinajstić information content (AvgIpc) is 2.84. The summed E-state index contributed by atoms with van der Waals surface area (Å²) in [6.07, 6.45) is 7.45. The molecule has 2 rings (SSSR count). The van der Waals surface area contributed by atoms with Gasteiger partial charge in [-0.25, -0.2) is 0 Å². The van der Waals surface area contributed by atoms with Gasteiger partial charge in [-0.15, -0.1) is 0 Å². The molecule has 0 aliphatic carbocycles. The molecule has 0 bridgehead atoms. The molecular formula is C18H25N. The number of hydrogen-bond donors (Lipinski definition) is 0. The summed E-state index contributed by atoms with van der Waals surface area (Å²) in [7, 11) is 0. The molecule has 0 amide bonds. The number of aromatic nitrogens is 1. The molecule has 2 aromatic rings. The lowest BCUT2D eigenvalue weighted by atomic mass is 10.1. The van der Waals surface area contributed by atoms with Gasteiger partial charge in [0.15, 0.2) is 0 Å². The molecule has 0 saturated carbocycles. The summed E-state index contributed by atoms with van der Waals surface area (Å²) >= 11 is 0. The van der Waals surface area contributed by atoms with Crippen LogP contribution in [0.2, 0.25) is 0 Å². The van der Waals surface area contributed by atoms with Crippen LogP contribution in [0, 0.1) is 0 Å². The van der Waals surface area contributed by atoms with Crippen LogP contribution in [0.15, 0.2) is 42.6 Å². The third-order valence-corrected chi connectivity index (χ3v) is 3.60. The Balaban J connectivity index is 2.26. The maximum absolute atomic E-state index is 2.40. The van der Waals surface area contributed by atoms with Crippen LogP contribution in [0.5, 0.6) is 0 Å². The first-order valence-corrected chi connectivity index (χ1v) is 7.48. The van der Waals surface area contributed by atoms with E-state index >= 15 is 0 Å². The average molecular weight is 255 g/mol. The molecule has 19 heavy (non-hydrogen) atoms. The summed E-state index contributed by atoms with van der Waals surface area (Å²) in [6.45, 7) is 6.76. The molecule has 0 unspecified atom stereocenters. The second kappa shape index (κ2) is 6.60. The summed E-state index contributed by atoms with van der Waals surface area (Å²) in [6, 6.07) is 13.6. The van der Waals surface area contributed by atoms with E-state index < -0.39 is 0 Å². The van der Waals surface area contributed by atoms with Gasteiger partial charge in [-0.1, -0.05) is 50.1 Å². The third kappa shape index (κ3) is 3.50. The molecule has 1 nitrogen and oxygen atoms in total. The van der Waals surface area contributed by atoms with Crippen LogP contribution in [-0.2, 0) is 6.42 Å². The van der Waals surface area contributed by atoms with Crippen molar-refractivity contribution < 1.29 is 0 Å². The summed E-state index contributed by atoms with van der Waals surface area (Å²) < 4.78 is 2.40. The lowest BCUT2D eigenvalue weighted by molar-refractivity contribution is 0.607. The van der Waals surface area contributed by atoms with Gasteiger partial charge in [0.25, 0.3) is 0 Å². The normalized spacial score (nSPS) is 11.2. The van der Waals surface area contributed by atoms with E-state index in [-0.39, 0.29) is 0 Å². The molecule has 1 heteroatoms. The Kier molecular flexibility index (Phi) is 4.84. The van der Waals surface area contributed by atoms with Gasteiger partial charge in [0.1, 0.15) is 0 Å². The van der Waals surface area contributed by atoms with Crippen LogP contribution < -0.4 is 0 Å². The minimum atomic E-state index is 0.509. The Labute approximate surface area is 117 Å². The van der Waals surface area contributed by atoms with Crippen LogP contribution in [0.4, 0.5) is 0 Å². The van der Waals surface area contributed by atoms with Crippen molar-refractivity contribution in [3.05, 3.63) is 48.2 Å². The highest BCUT2D eigenvalue weighted by atomic mass is 15.0. The zero-order valence-electron chi connectivity index (χ0n) is 12.4. The summed E-state index contributed by atoms with van der Waals surface area (Å²) in [4.78, 5) is 0. The molecule has 0 saturated heterocycles. The molecule has 1 heterocycles. The van der Waals surface area contributed by atoms with Crippen molar-refractivity contribution in [3.8, 4) is 11.3 Å². The summed E-state index contributed by atoms with van der Waals surface area (Å²) in [5.74, 6) is 0. The largest absolute Gasteiger partial charge is 0.345 e. The van der Waals surface area contributed by atoms with Gasteiger partial charge >= 0.3 is 0 Å². The second-order valence-corrected chi connectivity index (χ2v) is 5.56. The third-order valence-electron chi connectivity index (χ3n) is 3.60. The first kappa shape index (κ1) is 13.9. The lowest BCUT2D eigenvalue weighted by Gasteiger charge is -2.12. The highest BCUT2D eigenvalue weighted by Crippen LogP contribution is 2.26. The molecule has 0 spiro atoms. The SMILES string of the molecule is CCCCCc1cc(-c2ccccc2)n(C(C)C)c1. The predicted molar refractivity (Wildman–Crippen MR) is 83.5 cm³/mol. The Hall–Kier alpha value is -1.50. The summed E-state index contributed by atoms with van der Waals surface area (Å²) in [5.41, 5.74) is 4.14. The molecule has 0 N–H and O–H groups in total. The van der Waals surface area contributed by atoms with E-state index in [9.17, 15) is 0 Å². The minimum Gasteiger partial charge on any atom is -0.345 e. The van der Waals surface area contributed by atoms with Crippen molar-refractivity contribution in [1.29, 1.82) is 0 Å². The Morgan fingerprint density at radius 3 is 2.42 bits per heavy atom. The van der Waals surface area contributed by atoms with Crippen molar-refractivity contribution in [2.24, 2.45) is 0 Å². The van der Waals surface area contributed by atoms with Crippen LogP contribution in [0.25, 0.3) is 11.3 Å². The number of rotatable bonds is 6. The van der Waals surface area contributed by atoms with Gasteiger partial charge in [0.2, 0.25) is 0 Å². The highest BCUT2D eigenvalue weighted by molar-refractivity contribution is 5.61. The molecule has 0 atom stereocenters. The fourth-order valence-electron chi connectivity index (χ4n) is 2.52. The van der Waals surface area contributed by atoms with E-state index in [0.29, 0.717) is 6.04 Å². The van der Waals surface area contributed by atoms with E-state index in [1.54, 1.807) is 0 Å². The minimum absolute atomic E-state index is 0.509. The van der Waals surface area contributed by atoms with Crippen molar-refractivity contribution in [1.82, 2.24) is 4.57 Å². The van der Waals surface area contributed by atoms with Gasteiger partial charge in [-0.3, -0.25) is 0 Å². The zero-order valence-corrected chi connectivity index (χ0v) is 12.4. The Morgan fingerprint density at radius 2 is 1.79 bits per heavy atom. The second-order valence-electron chi connectivity index (χ2n) is 5.56. The first-order chi connectivity index (χ1) is 9.22. The van der Waals surface area contributed by atoms with Crippen LogP contribution in [0.1, 0.15) is 51.6 Å². The molecule has 0 aliphatic heterocycles. The van der Waals surface area contributed by atoms with Crippen molar-refractivity contribution in [3.63, 3.8) is 0 Å². The molecule has 0 aliphatic rings. The lowest BCUT2D eigenvalue weighted by Crippen LogP contribution is -2.00. The molecular weight excluding hydrogens is 230 g/mol. The zero-order chi connectivity index (χ0) is 13.7. The number of nitrogens with zero attached hydrogens (tertiary/aromatic N) is 1. The first-order valence-electron chi connectivity index (χ1n) is 7.48. The van der Waals surface area contributed by atoms with Gasteiger partial charge in [-0.05, 0) is 43.9 Å². The topological polar surface area (TPSA) is 4.93 Å². The van der Waals surface area contributed by atoms with E-state index in [1.807, 2.05) is 0 Å². The standard InChI is InChI=1S/C18H25N/c1-4-5-7-10-16-13-18(19(14-16)15(2)3)17-11-8-6-9-12-17/h6,8-9,11-15H,4-5,7,10H2,1-3H3. The van der Waals surface area contributed by atoms with E-state index in [1.165, 1.54) is 42.5 Å². The molecule has 0 fully saturated rings. The molecule has 0 radical (unpaired) electrons. The molecule has 1 aromatic carbocycles. The van der Waals surface area contributed by atoms with Crippen LogP contribution in [0.3, 0.4) is 0 Å². The van der Waals surface area contributed by atoms with Crippen LogP contribution in [-0.4, -0.2) is 4.57 Å². The fraction of sp³-hybridized carbons (Fsp3) is 0.444. The fourth-order valence-corrected chi connectivity index (χ4v) is 2.52. The predicted octanol–water partition coefficient (Wildman–Crippen LogP) is 5.47. The van der Waals surface area contributed by atoms with Crippen molar-refractivity contribution in [2.45, 2.75) is 52.5 Å². The highest BCUT2D eigenvalue weighted by Gasteiger charge is 2.10. The van der Waals surface area contributed by atoms with Gasteiger partial charge in [0, 0.05) is 17.9 Å². The number of benzene rings is 1. The van der Waals surface area contributed by atoms with E-state index in [2.05, 4.69) is 67.9 Å². The van der Waals surface area contributed by atoms with Crippen molar-refractivity contribution >= 4 is 0 Å². The Morgan fingerprint density at radius 1 is 1.05 bits per heavy atom. The number of hydrogen-bond acceptors (Lipinski definition) is 0. The number of unbranched alkanes of at least 4 members (excludes halogenated alkanes) is 2. The van der Waals surface area contributed by atoms with Crippen molar-refractivity contribution in [2.75, 3.05) is 0 Å². The monoisotopic (exact) mass is 255 g/mol.